The maximum atomic E-state index is 13.3. The van der Waals surface area contributed by atoms with Crippen molar-refractivity contribution in [3.05, 3.63) is 113 Å². The van der Waals surface area contributed by atoms with Crippen LogP contribution in [-0.4, -0.2) is 95.6 Å². The molecule has 8 aliphatic rings. The average Bonchev–Trinajstić information content (AvgIpc) is 3.88. The number of hydrogen-bond donors (Lipinski definition) is 7. The monoisotopic (exact) mass is 962 g/mol. The van der Waals surface area contributed by atoms with E-state index in [-0.39, 0.29) is 54.3 Å². The lowest BCUT2D eigenvalue weighted by Gasteiger charge is -2.61. The van der Waals surface area contributed by atoms with Crippen LogP contribution < -0.4 is 29.6 Å². The number of ether oxygens (including phenoxy) is 6. The Bertz CT molecular complexity index is 2920. The Kier molecular flexibility index (Phi) is 12.3. The Hall–Kier alpha value is -5.98. The molecule has 1 saturated heterocycles. The quantitative estimate of drug-likeness (QED) is 0.0407. The van der Waals surface area contributed by atoms with Crippen LogP contribution in [0.15, 0.2) is 91.0 Å². The number of fused-ring (bicyclic) bond motifs is 6. The molecule has 4 aliphatic heterocycles. The van der Waals surface area contributed by atoms with Crippen molar-refractivity contribution in [3.8, 4) is 63.2 Å². The lowest BCUT2D eigenvalue weighted by atomic mass is 9.56. The molecule has 5 aromatic carbocycles. The molecule has 13 rings (SSSR count). The highest BCUT2D eigenvalue weighted by atomic mass is 16.5. The summed E-state index contributed by atoms with van der Waals surface area (Å²) in [6.45, 7) is 1.90. The molecule has 13 nitrogen and oxygen atoms in total. The highest BCUT2D eigenvalue weighted by molar-refractivity contribution is 5.96. The van der Waals surface area contributed by atoms with Crippen molar-refractivity contribution < 1.29 is 54.0 Å². The molecule has 7 N–H and O–H groups in total. The fourth-order valence-corrected chi connectivity index (χ4v) is 13.3. The fraction of sp³-hybridized carbons (Fsp3) is 0.448. The van der Waals surface area contributed by atoms with E-state index in [4.69, 9.17) is 28.4 Å². The number of nitrogens with one attached hydrogen (secondary N) is 2. The summed E-state index contributed by atoms with van der Waals surface area (Å²) in [6.07, 6.45) is 7.12. The van der Waals surface area contributed by atoms with Gasteiger partial charge in [-0.05, 0) is 122 Å². The molecule has 4 bridgehead atoms. The third kappa shape index (κ3) is 8.23. The first-order valence-electron chi connectivity index (χ1n) is 25.5. The second-order valence-electron chi connectivity index (χ2n) is 20.7. The number of benzene rings is 5. The van der Waals surface area contributed by atoms with Crippen LogP contribution in [0.1, 0.15) is 79.4 Å². The van der Waals surface area contributed by atoms with Gasteiger partial charge >= 0.3 is 0 Å². The molecule has 5 aromatic rings. The van der Waals surface area contributed by atoms with Crippen LogP contribution in [0.4, 0.5) is 0 Å². The first-order chi connectivity index (χ1) is 34.7. The summed E-state index contributed by atoms with van der Waals surface area (Å²) < 4.78 is 41.2. The summed E-state index contributed by atoms with van der Waals surface area (Å²) >= 11 is 0. The van der Waals surface area contributed by atoms with Crippen LogP contribution in [0.25, 0.3) is 21.9 Å². The van der Waals surface area contributed by atoms with Gasteiger partial charge in [-0.25, -0.2) is 0 Å². The van der Waals surface area contributed by atoms with E-state index in [0.717, 1.165) is 58.9 Å². The van der Waals surface area contributed by atoms with Gasteiger partial charge < -0.3 is 59.3 Å². The Labute approximate surface area is 413 Å². The van der Waals surface area contributed by atoms with E-state index in [9.17, 15) is 25.5 Å². The average molecular weight is 963 g/mol. The van der Waals surface area contributed by atoms with Crippen molar-refractivity contribution in [1.82, 2.24) is 10.6 Å². The highest BCUT2D eigenvalue weighted by Crippen LogP contribution is 2.58. The molecule has 4 aliphatic carbocycles. The van der Waals surface area contributed by atoms with Crippen molar-refractivity contribution >= 4 is 10.8 Å². The summed E-state index contributed by atoms with van der Waals surface area (Å²) in [5.74, 6) is 7.89. The van der Waals surface area contributed by atoms with E-state index in [2.05, 4.69) is 34.6 Å². The number of aromatic hydroxyl groups is 3. The van der Waals surface area contributed by atoms with Gasteiger partial charge in [0.1, 0.15) is 53.0 Å². The third-order valence-corrected chi connectivity index (χ3v) is 16.5. The van der Waals surface area contributed by atoms with Crippen molar-refractivity contribution in [2.24, 2.45) is 29.6 Å². The van der Waals surface area contributed by atoms with Gasteiger partial charge in [0.05, 0.1) is 48.6 Å². The second kappa shape index (κ2) is 18.9. The van der Waals surface area contributed by atoms with Crippen molar-refractivity contribution in [3.63, 3.8) is 0 Å². The molecule has 3 fully saturated rings. The second-order valence-corrected chi connectivity index (χ2v) is 20.7. The zero-order valence-electron chi connectivity index (χ0n) is 39.9. The number of hydrogen-bond acceptors (Lipinski definition) is 13. The molecule has 11 atom stereocenters. The molecule has 13 heteroatoms. The highest BCUT2D eigenvalue weighted by Gasteiger charge is 2.62. The maximum absolute atomic E-state index is 13.3. The molecule has 0 unspecified atom stereocenters. The van der Waals surface area contributed by atoms with Crippen LogP contribution in [0.3, 0.4) is 0 Å². The van der Waals surface area contributed by atoms with Gasteiger partial charge in [0.25, 0.3) is 0 Å². The fourth-order valence-electron chi connectivity index (χ4n) is 13.3. The van der Waals surface area contributed by atoms with Gasteiger partial charge in [-0.2, -0.15) is 0 Å². The van der Waals surface area contributed by atoms with Gasteiger partial charge in [0.15, 0.2) is 0 Å². The van der Waals surface area contributed by atoms with Gasteiger partial charge in [-0.1, -0.05) is 42.2 Å². The molecule has 370 valence electrons. The first kappa shape index (κ1) is 46.1. The summed E-state index contributed by atoms with van der Waals surface area (Å²) in [7, 11) is 1.69. The maximum Gasteiger partial charge on any atom is 0.149 e. The largest absolute Gasteiger partial charge is 0.508 e. The van der Waals surface area contributed by atoms with E-state index >= 15 is 0 Å². The Morgan fingerprint density at radius 2 is 1.69 bits per heavy atom. The first-order valence-corrected chi connectivity index (χ1v) is 25.5. The van der Waals surface area contributed by atoms with Gasteiger partial charge in [0, 0.05) is 84.5 Å². The zero-order chi connectivity index (χ0) is 48.4. The molecule has 0 radical (unpaired) electrons. The Morgan fingerprint density at radius 1 is 0.845 bits per heavy atom. The lowest BCUT2D eigenvalue weighted by molar-refractivity contribution is -0.201. The lowest BCUT2D eigenvalue weighted by Crippen LogP contribution is -2.76. The molecular weight excluding hydrogens is 901 g/mol. The van der Waals surface area contributed by atoms with Gasteiger partial charge in [-0.15, -0.1) is 0 Å². The smallest absolute Gasteiger partial charge is 0.149 e. The molecule has 1 spiro atoms. The molecule has 0 amide bonds. The van der Waals surface area contributed by atoms with Crippen LogP contribution >= 0.6 is 0 Å². The molecule has 4 heterocycles. The van der Waals surface area contributed by atoms with Crippen molar-refractivity contribution in [2.45, 2.75) is 93.5 Å². The van der Waals surface area contributed by atoms with E-state index < -0.39 is 47.9 Å². The standard InChI is InChI=1S/C58H62N2O11/c1-66-19-6-12-50-52(48-30-68-54-34(24-41(27-46(54)53(48)65)69-40-10-2-3-11-40)21-33-23-38(62)14-17-42(33)32-7-4-9-37(61)22-32)56-47-28-51(45-26-39(63)15-18-43(45)55(47)70-50)67-20-5-8-36-29-59-31-60-58(36)35-13-16-44(49(64)25-35)57(58)71-56/h4,7,9,13-18,22-24,26-28,35-36,40,44,48-50,52-53,56-57,59-65H,2-3,6,10-12,19-21,25,29-31H2,1H3/t35-,36+,44+,48-,49-,50-,52-,53-,56+,57+,58-/m1/s1. The minimum absolute atomic E-state index is 0.0350. The molecular formula is C58H62N2O11. The zero-order valence-corrected chi connectivity index (χ0v) is 39.9. The SMILES string of the molecule is COCCC[C@H]1Oc2c3cc(c4cc(O)ccc24)OCC#C[C@H]2CNCN[C@]24[C@@H]2C=C[C@@H]([C@H](O)C2)[C@@H]4O[C@@H]3[C@@H]1[C@H]1COc2c(Cc3cc(O)ccc3-c3cccc(O)c3)cc(OC3CCCC3)cc2[C@H]1O. The topological polar surface area (TPSA) is 181 Å². The van der Waals surface area contributed by atoms with Crippen LogP contribution in [-0.2, 0) is 15.9 Å². The number of methoxy groups -OCH3 is 1. The summed E-state index contributed by atoms with van der Waals surface area (Å²) in [6, 6.07) is 23.4. The normalized spacial score (nSPS) is 30.5. The van der Waals surface area contributed by atoms with Crippen molar-refractivity contribution in [1.29, 1.82) is 0 Å². The van der Waals surface area contributed by atoms with E-state index in [1.807, 2.05) is 36.4 Å². The van der Waals surface area contributed by atoms with E-state index in [0.29, 0.717) is 79.5 Å². The van der Waals surface area contributed by atoms with Crippen molar-refractivity contribution in [2.75, 3.05) is 40.1 Å². The summed E-state index contributed by atoms with van der Waals surface area (Å²) in [5.41, 5.74) is 3.95. The third-order valence-electron chi connectivity index (χ3n) is 16.5. The summed E-state index contributed by atoms with van der Waals surface area (Å²) in [4.78, 5) is 0. The predicted octanol–water partition coefficient (Wildman–Crippen LogP) is 7.98. The molecule has 2 saturated carbocycles. The molecule has 71 heavy (non-hydrogen) atoms. The number of aliphatic hydroxyl groups is 2. The summed E-state index contributed by atoms with van der Waals surface area (Å²) in [5, 5.41) is 66.2. The van der Waals surface area contributed by atoms with Gasteiger partial charge in [-0.3, -0.25) is 5.32 Å². The minimum Gasteiger partial charge on any atom is -0.508 e. The molecule has 0 aromatic heterocycles. The number of phenols is 3. The number of aliphatic hydroxyl groups excluding tert-OH is 2. The number of rotatable bonds is 10. The van der Waals surface area contributed by atoms with E-state index in [1.54, 1.807) is 49.6 Å². The number of phenolic OH excluding ortho intramolecular Hbond substituents is 3. The van der Waals surface area contributed by atoms with Crippen LogP contribution in [0.2, 0.25) is 0 Å². The van der Waals surface area contributed by atoms with Gasteiger partial charge in [0.2, 0.25) is 0 Å². The van der Waals surface area contributed by atoms with Crippen LogP contribution in [0, 0.1) is 41.4 Å². The minimum atomic E-state index is -1.07. The van der Waals surface area contributed by atoms with E-state index in [1.165, 1.54) is 0 Å². The van der Waals surface area contributed by atoms with Crippen LogP contribution in [0.5, 0.6) is 40.2 Å². The predicted molar refractivity (Wildman–Crippen MR) is 266 cm³/mol. The Morgan fingerprint density at radius 3 is 2.54 bits per heavy atom. The Balaban J connectivity index is 1.01.